The second-order valence-corrected chi connectivity index (χ2v) is 5.72. The molecule has 0 radical (unpaired) electrons. The zero-order valence-corrected chi connectivity index (χ0v) is 12.0. The van der Waals surface area contributed by atoms with E-state index in [0.717, 1.165) is 5.69 Å². The number of non-ortho nitro benzene ring substituents is 1. The van der Waals surface area contributed by atoms with Crippen molar-refractivity contribution in [1.29, 1.82) is 5.26 Å². The van der Waals surface area contributed by atoms with Crippen LogP contribution >= 0.6 is 0 Å². The number of nitro benzene ring substituents is 1. The molecule has 0 N–H and O–H groups in total. The quantitative estimate of drug-likeness (QED) is 0.618. The Balaban J connectivity index is 3.22. The summed E-state index contributed by atoms with van der Waals surface area (Å²) in [6, 6.07) is 6.62. The molecular weight excluding hydrogens is 242 g/mol. The van der Waals surface area contributed by atoms with Crippen molar-refractivity contribution in [3.05, 3.63) is 33.9 Å². The van der Waals surface area contributed by atoms with E-state index in [1.807, 2.05) is 18.0 Å². The number of rotatable bonds is 3. The van der Waals surface area contributed by atoms with Gasteiger partial charge in [0.05, 0.1) is 16.2 Å². The first kappa shape index (κ1) is 15.0. The van der Waals surface area contributed by atoms with Crippen LogP contribution in [0.25, 0.3) is 0 Å². The minimum atomic E-state index is -0.488. The first-order valence-corrected chi connectivity index (χ1v) is 6.10. The van der Waals surface area contributed by atoms with E-state index in [-0.39, 0.29) is 17.1 Å². The summed E-state index contributed by atoms with van der Waals surface area (Å²) in [5.41, 5.74) is 1.03. The number of nitriles is 1. The third-order valence-electron chi connectivity index (χ3n) is 3.53. The Labute approximate surface area is 113 Å². The van der Waals surface area contributed by atoms with Crippen molar-refractivity contribution in [2.45, 2.75) is 33.7 Å². The molecule has 0 saturated heterocycles. The number of benzene rings is 1. The monoisotopic (exact) mass is 261 g/mol. The van der Waals surface area contributed by atoms with Crippen molar-refractivity contribution in [1.82, 2.24) is 0 Å². The third kappa shape index (κ3) is 3.22. The molecule has 5 nitrogen and oxygen atoms in total. The lowest BCUT2D eigenvalue weighted by Crippen LogP contribution is -2.39. The Bertz CT molecular complexity index is 526. The molecule has 0 spiro atoms. The number of nitrogens with zero attached hydrogens (tertiary/aromatic N) is 3. The standard InChI is InChI=1S/C14H19N3O2/c1-10(14(2,3)4)16(5)13-7-6-12(17(18)19)8-11(13)9-15/h6-8,10H,1-5H3. The molecule has 5 heteroatoms. The molecule has 0 bridgehead atoms. The highest BCUT2D eigenvalue weighted by molar-refractivity contribution is 5.63. The number of nitro groups is 1. The average molecular weight is 261 g/mol. The molecule has 0 amide bonds. The molecule has 0 fully saturated rings. The van der Waals surface area contributed by atoms with Crippen molar-refractivity contribution >= 4 is 11.4 Å². The molecule has 1 aromatic carbocycles. The van der Waals surface area contributed by atoms with Gasteiger partial charge >= 0.3 is 0 Å². The minimum absolute atomic E-state index is 0.0449. The van der Waals surface area contributed by atoms with Crippen LogP contribution < -0.4 is 4.90 Å². The molecule has 0 aromatic heterocycles. The van der Waals surface area contributed by atoms with Crippen molar-refractivity contribution in [2.75, 3.05) is 11.9 Å². The minimum Gasteiger partial charge on any atom is -0.370 e. The second kappa shape index (κ2) is 5.27. The molecule has 0 heterocycles. The van der Waals surface area contributed by atoms with E-state index in [9.17, 15) is 10.1 Å². The summed E-state index contributed by atoms with van der Waals surface area (Å²) in [4.78, 5) is 12.2. The maximum absolute atomic E-state index is 10.7. The van der Waals surface area contributed by atoms with E-state index < -0.39 is 4.92 Å². The molecule has 102 valence electrons. The van der Waals surface area contributed by atoms with E-state index in [1.165, 1.54) is 12.1 Å². The maximum atomic E-state index is 10.7. The number of hydrogen-bond donors (Lipinski definition) is 0. The molecule has 0 saturated carbocycles. The molecule has 0 aliphatic rings. The fraction of sp³-hybridized carbons (Fsp3) is 0.500. The molecule has 1 unspecified atom stereocenters. The van der Waals surface area contributed by atoms with Crippen molar-refractivity contribution in [3.63, 3.8) is 0 Å². The zero-order valence-electron chi connectivity index (χ0n) is 12.0. The van der Waals surface area contributed by atoms with Gasteiger partial charge in [-0.05, 0) is 18.4 Å². The summed E-state index contributed by atoms with van der Waals surface area (Å²) in [7, 11) is 1.90. The van der Waals surface area contributed by atoms with Gasteiger partial charge in [-0.15, -0.1) is 0 Å². The Morgan fingerprint density at radius 2 is 2.00 bits per heavy atom. The van der Waals surface area contributed by atoms with Crippen LogP contribution in [0.4, 0.5) is 11.4 Å². The van der Waals surface area contributed by atoms with Crippen LogP contribution in [-0.2, 0) is 0 Å². The molecule has 19 heavy (non-hydrogen) atoms. The molecule has 0 aliphatic carbocycles. The van der Waals surface area contributed by atoms with Crippen molar-refractivity contribution < 1.29 is 4.92 Å². The smallest absolute Gasteiger partial charge is 0.270 e. The van der Waals surface area contributed by atoms with Crippen molar-refractivity contribution in [3.8, 4) is 6.07 Å². The van der Waals surface area contributed by atoms with E-state index in [1.54, 1.807) is 6.07 Å². The van der Waals surface area contributed by atoms with Crippen molar-refractivity contribution in [2.24, 2.45) is 5.41 Å². The van der Waals surface area contributed by atoms with E-state index in [2.05, 4.69) is 27.7 Å². The van der Waals surface area contributed by atoms with Crippen LogP contribution in [0.3, 0.4) is 0 Å². The SMILES string of the molecule is CC(N(C)c1ccc([N+](=O)[O-])cc1C#N)C(C)(C)C. The van der Waals surface area contributed by atoms with Crippen LogP contribution in [0.5, 0.6) is 0 Å². The molecule has 1 atom stereocenters. The van der Waals surface area contributed by atoms with Gasteiger partial charge in [0, 0.05) is 25.2 Å². The Hall–Kier alpha value is -2.09. The fourth-order valence-electron chi connectivity index (χ4n) is 1.82. The van der Waals surface area contributed by atoms with Crippen LogP contribution in [0.15, 0.2) is 18.2 Å². The average Bonchev–Trinajstić information content (AvgIpc) is 2.34. The first-order chi connectivity index (χ1) is 8.68. The normalized spacial score (nSPS) is 12.6. The molecule has 1 aromatic rings. The predicted molar refractivity (Wildman–Crippen MR) is 75.1 cm³/mol. The summed E-state index contributed by atoms with van der Waals surface area (Å²) in [6.45, 7) is 8.42. The van der Waals surface area contributed by atoms with Crippen LogP contribution in [0.1, 0.15) is 33.3 Å². The van der Waals surface area contributed by atoms with E-state index >= 15 is 0 Å². The van der Waals surface area contributed by atoms with Gasteiger partial charge in [0.2, 0.25) is 0 Å². The van der Waals surface area contributed by atoms with Gasteiger partial charge in [0.25, 0.3) is 5.69 Å². The topological polar surface area (TPSA) is 70.2 Å². The highest BCUT2D eigenvalue weighted by atomic mass is 16.6. The van der Waals surface area contributed by atoms with Gasteiger partial charge in [-0.3, -0.25) is 10.1 Å². The summed E-state index contributed by atoms with van der Waals surface area (Å²) >= 11 is 0. The molecule has 1 rings (SSSR count). The lowest BCUT2D eigenvalue weighted by molar-refractivity contribution is -0.384. The Morgan fingerprint density at radius 1 is 1.42 bits per heavy atom. The van der Waals surface area contributed by atoms with Gasteiger partial charge in [0.15, 0.2) is 0 Å². The fourth-order valence-corrected chi connectivity index (χ4v) is 1.82. The lowest BCUT2D eigenvalue weighted by atomic mass is 9.86. The zero-order chi connectivity index (χ0) is 14.8. The van der Waals surface area contributed by atoms with Gasteiger partial charge in [-0.25, -0.2) is 0 Å². The highest BCUT2D eigenvalue weighted by Gasteiger charge is 2.26. The number of hydrogen-bond acceptors (Lipinski definition) is 4. The van der Waals surface area contributed by atoms with Crippen LogP contribution in [-0.4, -0.2) is 18.0 Å². The predicted octanol–water partition coefficient (Wildman–Crippen LogP) is 3.34. The maximum Gasteiger partial charge on any atom is 0.270 e. The van der Waals surface area contributed by atoms with Gasteiger partial charge in [-0.2, -0.15) is 5.26 Å². The van der Waals surface area contributed by atoms with E-state index in [4.69, 9.17) is 5.26 Å². The summed E-state index contributed by atoms with van der Waals surface area (Å²) in [6.07, 6.45) is 0. The third-order valence-corrected chi connectivity index (χ3v) is 3.53. The van der Waals surface area contributed by atoms with Gasteiger partial charge < -0.3 is 4.90 Å². The second-order valence-electron chi connectivity index (χ2n) is 5.72. The highest BCUT2D eigenvalue weighted by Crippen LogP contribution is 2.30. The van der Waals surface area contributed by atoms with Crippen LogP contribution in [0, 0.1) is 26.9 Å². The number of anilines is 1. The summed E-state index contributed by atoms with van der Waals surface area (Å²) in [5, 5.41) is 19.9. The molecule has 0 aliphatic heterocycles. The Morgan fingerprint density at radius 3 is 2.42 bits per heavy atom. The van der Waals surface area contributed by atoms with E-state index in [0.29, 0.717) is 5.56 Å². The van der Waals surface area contributed by atoms with Gasteiger partial charge in [-0.1, -0.05) is 20.8 Å². The Kier molecular flexibility index (Phi) is 4.15. The lowest BCUT2D eigenvalue weighted by Gasteiger charge is -2.37. The summed E-state index contributed by atoms with van der Waals surface area (Å²) in [5.74, 6) is 0. The first-order valence-electron chi connectivity index (χ1n) is 6.10. The van der Waals surface area contributed by atoms with Gasteiger partial charge in [0.1, 0.15) is 6.07 Å². The van der Waals surface area contributed by atoms with Crippen LogP contribution in [0.2, 0.25) is 0 Å². The summed E-state index contributed by atoms with van der Waals surface area (Å²) < 4.78 is 0. The molecular formula is C14H19N3O2. The largest absolute Gasteiger partial charge is 0.370 e.